The number of nitrogens with zero attached hydrogens (tertiary/aromatic N) is 4. The molecule has 0 saturated carbocycles. The van der Waals surface area contributed by atoms with Crippen molar-refractivity contribution in [2.75, 3.05) is 44.3 Å². The minimum Gasteiger partial charge on any atom is -0.378 e. The highest BCUT2D eigenvalue weighted by atomic mass is 16.5. The van der Waals surface area contributed by atoms with Crippen molar-refractivity contribution >= 4 is 5.82 Å². The van der Waals surface area contributed by atoms with Gasteiger partial charge in [-0.3, -0.25) is 9.88 Å². The van der Waals surface area contributed by atoms with Gasteiger partial charge in [0, 0.05) is 38.6 Å². The molecule has 0 bridgehead atoms. The van der Waals surface area contributed by atoms with Gasteiger partial charge in [0.25, 0.3) is 0 Å². The molecule has 3 rings (SSSR count). The van der Waals surface area contributed by atoms with Gasteiger partial charge in [0.2, 0.25) is 0 Å². The van der Waals surface area contributed by atoms with Crippen molar-refractivity contribution in [1.29, 1.82) is 0 Å². The molecule has 2 saturated heterocycles. The van der Waals surface area contributed by atoms with Crippen molar-refractivity contribution in [3.05, 3.63) is 18.1 Å². The number of rotatable bonds is 3. The Morgan fingerprint density at radius 1 is 1.17 bits per heavy atom. The molecule has 0 aliphatic carbocycles. The Hall–Kier alpha value is -1.20. The zero-order valence-corrected chi connectivity index (χ0v) is 10.9. The monoisotopic (exact) mass is 248 g/mol. The average Bonchev–Trinajstić information content (AvgIpc) is 2.38. The Balaban J connectivity index is 1.64. The standard InChI is InChI=1S/C13H20N4O/c1-2-12-13(15-4-3-14-12)17-7-5-16(6-8-17)11-9-18-10-11/h3-4,11H,2,5-10H2,1H3. The van der Waals surface area contributed by atoms with Crippen LogP contribution in [0, 0.1) is 0 Å². The van der Waals surface area contributed by atoms with Gasteiger partial charge in [-0.25, -0.2) is 4.98 Å². The molecule has 2 aliphatic heterocycles. The molecule has 0 aromatic carbocycles. The summed E-state index contributed by atoms with van der Waals surface area (Å²) in [6.45, 7) is 8.25. The Morgan fingerprint density at radius 3 is 2.50 bits per heavy atom. The molecule has 0 unspecified atom stereocenters. The third-order valence-corrected chi connectivity index (χ3v) is 3.84. The lowest BCUT2D eigenvalue weighted by Crippen LogP contribution is -2.56. The minimum atomic E-state index is 0.652. The lowest BCUT2D eigenvalue weighted by molar-refractivity contribution is -0.0661. The van der Waals surface area contributed by atoms with Crippen LogP contribution in [0.1, 0.15) is 12.6 Å². The minimum absolute atomic E-state index is 0.652. The van der Waals surface area contributed by atoms with E-state index in [9.17, 15) is 0 Å². The largest absolute Gasteiger partial charge is 0.378 e. The zero-order chi connectivity index (χ0) is 12.4. The first-order valence-electron chi connectivity index (χ1n) is 6.75. The first-order chi connectivity index (χ1) is 8.88. The molecular formula is C13H20N4O. The first kappa shape index (κ1) is 11.9. The second-order valence-electron chi connectivity index (χ2n) is 4.89. The molecular weight excluding hydrogens is 228 g/mol. The highest BCUT2D eigenvalue weighted by Gasteiger charge is 2.29. The number of piperazine rings is 1. The van der Waals surface area contributed by atoms with Crippen molar-refractivity contribution in [2.45, 2.75) is 19.4 Å². The number of hydrogen-bond donors (Lipinski definition) is 0. The van der Waals surface area contributed by atoms with Gasteiger partial charge in [0.1, 0.15) is 5.82 Å². The third-order valence-electron chi connectivity index (χ3n) is 3.84. The number of anilines is 1. The molecule has 5 nitrogen and oxygen atoms in total. The third kappa shape index (κ3) is 2.20. The molecule has 3 heterocycles. The summed E-state index contributed by atoms with van der Waals surface area (Å²) in [6, 6.07) is 0.652. The van der Waals surface area contributed by atoms with E-state index in [-0.39, 0.29) is 0 Å². The van der Waals surface area contributed by atoms with E-state index in [1.165, 1.54) is 0 Å². The molecule has 18 heavy (non-hydrogen) atoms. The van der Waals surface area contributed by atoms with E-state index in [1.54, 1.807) is 12.4 Å². The summed E-state index contributed by atoms with van der Waals surface area (Å²) in [5, 5.41) is 0. The fraction of sp³-hybridized carbons (Fsp3) is 0.692. The summed E-state index contributed by atoms with van der Waals surface area (Å²) in [5.41, 5.74) is 1.11. The number of aromatic nitrogens is 2. The second kappa shape index (κ2) is 5.20. The number of hydrogen-bond acceptors (Lipinski definition) is 5. The molecule has 1 aromatic rings. The van der Waals surface area contributed by atoms with Gasteiger partial charge in [-0.2, -0.15) is 0 Å². The maximum absolute atomic E-state index is 5.26. The lowest BCUT2D eigenvalue weighted by atomic mass is 10.1. The quantitative estimate of drug-likeness (QED) is 0.782. The van der Waals surface area contributed by atoms with Crippen molar-refractivity contribution in [3.8, 4) is 0 Å². The van der Waals surface area contributed by atoms with Crippen LogP contribution in [0.25, 0.3) is 0 Å². The van der Waals surface area contributed by atoms with Crippen molar-refractivity contribution < 1.29 is 4.74 Å². The predicted molar refractivity (Wildman–Crippen MR) is 69.8 cm³/mol. The number of aryl methyl sites for hydroxylation is 1. The van der Waals surface area contributed by atoms with E-state index >= 15 is 0 Å². The van der Waals surface area contributed by atoms with Crippen molar-refractivity contribution in [3.63, 3.8) is 0 Å². The van der Waals surface area contributed by atoms with Crippen LogP contribution in [0.3, 0.4) is 0 Å². The summed E-state index contributed by atoms with van der Waals surface area (Å²) in [6.07, 6.45) is 4.52. The summed E-state index contributed by atoms with van der Waals surface area (Å²) in [7, 11) is 0. The van der Waals surface area contributed by atoms with Crippen LogP contribution in [0.2, 0.25) is 0 Å². The topological polar surface area (TPSA) is 41.5 Å². The molecule has 0 spiro atoms. The molecule has 98 valence electrons. The maximum Gasteiger partial charge on any atom is 0.150 e. The fourth-order valence-electron chi connectivity index (χ4n) is 2.61. The lowest BCUT2D eigenvalue weighted by Gasteiger charge is -2.43. The molecule has 5 heteroatoms. The normalized spacial score (nSPS) is 21.9. The number of ether oxygens (including phenoxy) is 1. The van der Waals surface area contributed by atoms with Crippen molar-refractivity contribution in [2.24, 2.45) is 0 Å². The Labute approximate surface area is 108 Å². The Bertz CT molecular complexity index is 400. The summed E-state index contributed by atoms with van der Waals surface area (Å²) in [5.74, 6) is 1.07. The molecule has 2 fully saturated rings. The van der Waals surface area contributed by atoms with E-state index in [0.29, 0.717) is 6.04 Å². The molecule has 0 amide bonds. The van der Waals surface area contributed by atoms with E-state index in [4.69, 9.17) is 4.74 Å². The average molecular weight is 248 g/mol. The van der Waals surface area contributed by atoms with E-state index in [2.05, 4.69) is 26.7 Å². The predicted octanol–water partition coefficient (Wildman–Crippen LogP) is 0.560. The molecule has 0 radical (unpaired) electrons. The SMILES string of the molecule is CCc1nccnc1N1CCN(C2COC2)CC1. The molecule has 1 aromatic heterocycles. The van der Waals surface area contributed by atoms with Gasteiger partial charge in [0.05, 0.1) is 24.9 Å². The highest BCUT2D eigenvalue weighted by molar-refractivity contribution is 5.43. The van der Waals surface area contributed by atoms with Gasteiger partial charge >= 0.3 is 0 Å². The van der Waals surface area contributed by atoms with Crippen LogP contribution in [0.15, 0.2) is 12.4 Å². The smallest absolute Gasteiger partial charge is 0.150 e. The van der Waals surface area contributed by atoms with Crippen LogP contribution >= 0.6 is 0 Å². The van der Waals surface area contributed by atoms with E-state index in [1.807, 2.05) is 0 Å². The van der Waals surface area contributed by atoms with E-state index < -0.39 is 0 Å². The van der Waals surface area contributed by atoms with Crippen LogP contribution in [-0.2, 0) is 11.2 Å². The zero-order valence-electron chi connectivity index (χ0n) is 10.9. The second-order valence-corrected chi connectivity index (χ2v) is 4.89. The fourth-order valence-corrected chi connectivity index (χ4v) is 2.61. The van der Waals surface area contributed by atoms with Gasteiger partial charge in [-0.1, -0.05) is 6.92 Å². The van der Waals surface area contributed by atoms with Gasteiger partial charge in [-0.05, 0) is 6.42 Å². The van der Waals surface area contributed by atoms with Crippen LogP contribution in [0.4, 0.5) is 5.82 Å². The van der Waals surface area contributed by atoms with Crippen molar-refractivity contribution in [1.82, 2.24) is 14.9 Å². The molecule has 2 aliphatic rings. The maximum atomic E-state index is 5.26. The van der Waals surface area contributed by atoms with Crippen LogP contribution in [-0.4, -0.2) is 60.3 Å². The van der Waals surface area contributed by atoms with Crippen LogP contribution in [0.5, 0.6) is 0 Å². The Kier molecular flexibility index (Phi) is 3.43. The Morgan fingerprint density at radius 2 is 1.89 bits per heavy atom. The summed E-state index contributed by atoms with van der Waals surface area (Å²) in [4.78, 5) is 13.8. The van der Waals surface area contributed by atoms with Crippen LogP contribution < -0.4 is 4.90 Å². The highest BCUT2D eigenvalue weighted by Crippen LogP contribution is 2.19. The first-order valence-corrected chi connectivity index (χ1v) is 6.75. The molecule has 0 atom stereocenters. The molecule has 0 N–H and O–H groups in total. The van der Waals surface area contributed by atoms with Gasteiger partial charge < -0.3 is 9.64 Å². The van der Waals surface area contributed by atoms with Gasteiger partial charge in [0.15, 0.2) is 0 Å². The summed E-state index contributed by atoms with van der Waals surface area (Å²) < 4.78 is 5.26. The van der Waals surface area contributed by atoms with E-state index in [0.717, 1.165) is 57.3 Å². The summed E-state index contributed by atoms with van der Waals surface area (Å²) >= 11 is 0. The van der Waals surface area contributed by atoms with Gasteiger partial charge in [-0.15, -0.1) is 0 Å².